The predicted molar refractivity (Wildman–Crippen MR) is 105 cm³/mol. The van der Waals surface area contributed by atoms with Crippen molar-refractivity contribution in [3.05, 3.63) is 27.1 Å². The third-order valence-corrected chi connectivity index (χ3v) is 7.33. The van der Waals surface area contributed by atoms with Crippen LogP contribution < -0.4 is 5.56 Å². The van der Waals surface area contributed by atoms with Gasteiger partial charge in [-0.15, -0.1) is 0 Å². The number of fused-ring (bicyclic) bond motifs is 10. The number of hydrogen-bond acceptors (Lipinski definition) is 13. The van der Waals surface area contributed by atoms with Crippen molar-refractivity contribution in [1.29, 1.82) is 0 Å². The minimum absolute atomic E-state index is 0.164. The van der Waals surface area contributed by atoms with Crippen molar-refractivity contribution < 1.29 is 52.0 Å². The summed E-state index contributed by atoms with van der Waals surface area (Å²) in [5.74, 6) is -0.428. The summed E-state index contributed by atoms with van der Waals surface area (Å²) in [7, 11) is -10.3. The molecule has 0 saturated carbocycles. The highest BCUT2D eigenvalue weighted by atomic mass is 31.3. The molecular weight excluding hydrogens is 508 g/mol. The summed E-state index contributed by atoms with van der Waals surface area (Å²) in [4.78, 5) is 42.7. The number of aromatic nitrogens is 4. The summed E-state index contributed by atoms with van der Waals surface area (Å²) >= 11 is 0. The van der Waals surface area contributed by atoms with Crippen LogP contribution in [0.25, 0.3) is 21.6 Å². The van der Waals surface area contributed by atoms with E-state index in [9.17, 15) is 33.9 Å². The molecule has 2 aromatic rings. The van der Waals surface area contributed by atoms with Crippen molar-refractivity contribution in [3.63, 3.8) is 0 Å². The summed E-state index contributed by atoms with van der Waals surface area (Å²) in [6.45, 7) is -2.22. The number of aliphatic hydroxyl groups excluding tert-OH is 2. The van der Waals surface area contributed by atoms with E-state index in [0.717, 1.165) is 15.5 Å². The Morgan fingerprint density at radius 3 is 2.65 bits per heavy atom. The second-order valence-electron chi connectivity index (χ2n) is 6.89. The largest absolute Gasteiger partial charge is 0.481 e. The van der Waals surface area contributed by atoms with Crippen LogP contribution in [0.1, 0.15) is 6.23 Å². The van der Waals surface area contributed by atoms with Gasteiger partial charge in [-0.3, -0.25) is 23.0 Å². The van der Waals surface area contributed by atoms with E-state index in [1.165, 1.54) is 0 Å². The Morgan fingerprint density at radius 2 is 1.91 bits per heavy atom. The van der Waals surface area contributed by atoms with E-state index in [4.69, 9.17) is 15.0 Å². The summed E-state index contributed by atoms with van der Waals surface area (Å²) < 4.78 is 49.8. The molecule has 0 spiro atoms. The molecule has 3 aliphatic rings. The maximum atomic E-state index is 12.8. The Bertz CT molecular complexity index is 1290. The van der Waals surface area contributed by atoms with E-state index in [1.54, 1.807) is 0 Å². The molecule has 4 N–H and O–H groups in total. The number of phosphoric ester groups is 2. The third kappa shape index (κ3) is 4.92. The molecular formula is C13H17N7O12P2. The van der Waals surface area contributed by atoms with Gasteiger partial charge in [0.2, 0.25) is 5.95 Å². The molecule has 0 amide bonds. The molecule has 5 rings (SSSR count). The van der Waals surface area contributed by atoms with E-state index in [0.29, 0.717) is 0 Å². The average molecular weight is 525 g/mol. The molecule has 19 nitrogen and oxygen atoms in total. The minimum Gasteiger partial charge on any atom is -0.387 e. The number of phosphoric acid groups is 2. The van der Waals surface area contributed by atoms with Gasteiger partial charge in [0.25, 0.3) is 5.56 Å². The van der Waals surface area contributed by atoms with Crippen molar-refractivity contribution in [3.8, 4) is 0 Å². The van der Waals surface area contributed by atoms with Crippen LogP contribution >= 0.6 is 15.6 Å². The molecule has 0 aromatic carbocycles. The summed E-state index contributed by atoms with van der Waals surface area (Å²) in [5.41, 5.74) is 7.70. The number of hydrogen-bond donors (Lipinski definition) is 4. The molecule has 1 saturated heterocycles. The van der Waals surface area contributed by atoms with E-state index in [-0.39, 0.29) is 17.8 Å². The van der Waals surface area contributed by atoms with Gasteiger partial charge in [0.15, 0.2) is 17.4 Å². The van der Waals surface area contributed by atoms with Crippen LogP contribution in [0.4, 0.5) is 5.95 Å². The van der Waals surface area contributed by atoms with Crippen molar-refractivity contribution in [2.45, 2.75) is 31.3 Å². The molecule has 0 radical (unpaired) electrons. The second-order valence-corrected chi connectivity index (χ2v) is 9.94. The summed E-state index contributed by atoms with van der Waals surface area (Å²) in [6, 6.07) is 0. The zero-order valence-corrected chi connectivity index (χ0v) is 18.6. The summed E-state index contributed by atoms with van der Waals surface area (Å²) in [6.07, 6.45) is -5.41. The molecule has 2 unspecified atom stereocenters. The second kappa shape index (κ2) is 9.43. The van der Waals surface area contributed by atoms with Gasteiger partial charge in [-0.1, -0.05) is 0 Å². The number of ether oxygens (including phenoxy) is 2. The molecule has 3 aliphatic heterocycles. The standard InChI is InChI=1S/C13H17N7O12P2/c14-18-17-13-16-7-10-15-4-19(11(7)23)5-28-1-2-29-33(24,25)32-34(26,27)30-3-6-8(21)9(22)12(31-6)20(10)13/h4,6,8-9,12,21-22H,1-3,5H2,(H,24,25)(H,26,27)/t6-,8-,9-,12+/m1/s1. The molecule has 6 atom stereocenters. The first-order valence-corrected chi connectivity index (χ1v) is 12.3. The molecule has 0 aliphatic carbocycles. The maximum Gasteiger partial charge on any atom is 0.481 e. The monoisotopic (exact) mass is 525 g/mol. The van der Waals surface area contributed by atoms with Crippen molar-refractivity contribution in [1.82, 2.24) is 19.1 Å². The van der Waals surface area contributed by atoms with Crippen LogP contribution in [0.5, 0.6) is 0 Å². The highest BCUT2D eigenvalue weighted by Crippen LogP contribution is 2.60. The van der Waals surface area contributed by atoms with Gasteiger partial charge in [-0.05, 0) is 10.6 Å². The van der Waals surface area contributed by atoms with Crippen LogP contribution in [0.2, 0.25) is 0 Å². The quantitative estimate of drug-likeness (QED) is 0.157. The lowest BCUT2D eigenvalue weighted by Crippen LogP contribution is -2.33. The fourth-order valence-corrected chi connectivity index (χ4v) is 5.29. The fourth-order valence-electron chi connectivity index (χ4n) is 3.23. The van der Waals surface area contributed by atoms with Gasteiger partial charge in [0.1, 0.15) is 31.4 Å². The van der Waals surface area contributed by atoms with Gasteiger partial charge < -0.3 is 29.5 Å². The molecule has 1 fully saturated rings. The van der Waals surface area contributed by atoms with Crippen LogP contribution in [-0.4, -0.2) is 77.2 Å². The highest BCUT2D eigenvalue weighted by molar-refractivity contribution is 7.61. The third-order valence-electron chi connectivity index (χ3n) is 4.70. The molecule has 186 valence electrons. The van der Waals surface area contributed by atoms with Crippen molar-refractivity contribution >= 4 is 32.8 Å². The predicted octanol–water partition coefficient (Wildman–Crippen LogP) is -0.608. The van der Waals surface area contributed by atoms with E-state index in [2.05, 4.69) is 33.4 Å². The topological polar surface area (TPSA) is 263 Å². The fraction of sp³-hybridized carbons (Fsp3) is 0.615. The van der Waals surface area contributed by atoms with E-state index in [1.807, 2.05) is 0 Å². The first kappa shape index (κ1) is 24.9. The van der Waals surface area contributed by atoms with E-state index < -0.39 is 71.6 Å². The first-order chi connectivity index (χ1) is 16.0. The minimum atomic E-state index is -5.20. The van der Waals surface area contributed by atoms with Crippen molar-refractivity contribution in [2.75, 3.05) is 19.8 Å². The number of imidazole rings is 1. The Hall–Kier alpha value is -2.24. The zero-order chi connectivity index (χ0) is 24.7. The Balaban J connectivity index is 1.78. The molecule has 5 heterocycles. The lowest BCUT2D eigenvalue weighted by molar-refractivity contribution is -0.0497. The van der Waals surface area contributed by atoms with Crippen LogP contribution in [0.15, 0.2) is 16.2 Å². The average Bonchev–Trinajstić information content (AvgIpc) is 3.24. The molecule has 2 aromatic heterocycles. The smallest absolute Gasteiger partial charge is 0.387 e. The normalized spacial score (nSPS) is 35.2. The lowest BCUT2D eigenvalue weighted by atomic mass is 10.1. The lowest BCUT2D eigenvalue weighted by Gasteiger charge is -2.19. The number of rotatable bonds is 1. The van der Waals surface area contributed by atoms with Gasteiger partial charge in [0, 0.05) is 4.91 Å². The zero-order valence-electron chi connectivity index (χ0n) is 16.8. The maximum absolute atomic E-state index is 12.8. The first-order valence-electron chi connectivity index (χ1n) is 9.31. The molecule has 6 bridgehead atoms. The van der Waals surface area contributed by atoms with Crippen LogP contribution in [-0.2, 0) is 38.7 Å². The number of nitrogens with zero attached hydrogens (tertiary/aromatic N) is 7. The van der Waals surface area contributed by atoms with Crippen LogP contribution in [0.3, 0.4) is 0 Å². The Labute approximate surface area is 187 Å². The van der Waals surface area contributed by atoms with Crippen molar-refractivity contribution in [2.24, 2.45) is 5.11 Å². The highest BCUT2D eigenvalue weighted by Gasteiger charge is 2.47. The van der Waals surface area contributed by atoms with Gasteiger partial charge in [-0.2, -0.15) is 4.31 Å². The summed E-state index contributed by atoms with van der Waals surface area (Å²) in [5, 5.41) is 24.2. The number of aliphatic hydroxyl groups is 2. The van der Waals surface area contributed by atoms with E-state index >= 15 is 0 Å². The Kier molecular flexibility index (Phi) is 6.90. The van der Waals surface area contributed by atoms with Gasteiger partial charge in [0.05, 0.1) is 19.8 Å². The van der Waals surface area contributed by atoms with Gasteiger partial charge >= 0.3 is 15.6 Å². The van der Waals surface area contributed by atoms with Crippen LogP contribution in [0, 0.1) is 0 Å². The molecule has 34 heavy (non-hydrogen) atoms. The number of azide groups is 1. The Morgan fingerprint density at radius 1 is 1.18 bits per heavy atom. The SMILES string of the molecule is [N-]=[N+]=Nc1nc2c(=O)n3cnc2n1[C@H]1O[C@H](COP(=O)(O)OP(=O)(O)OCCOC3)[C@@H](O)[C@H]1O. The molecule has 21 heteroatoms. The van der Waals surface area contributed by atoms with Gasteiger partial charge in [-0.25, -0.2) is 19.1 Å².